The number of aryl methyl sites for hydroxylation is 3. The lowest BCUT2D eigenvalue weighted by Crippen LogP contribution is -2.32. The zero-order valence-corrected chi connectivity index (χ0v) is 18.7. The van der Waals surface area contributed by atoms with E-state index in [0.717, 1.165) is 29.8 Å². The van der Waals surface area contributed by atoms with Crippen LogP contribution in [-0.2, 0) is 35.8 Å². The normalized spacial score (nSPS) is 14.3. The Hall–Kier alpha value is -2.38. The van der Waals surface area contributed by atoms with Gasteiger partial charge in [-0.2, -0.15) is 0 Å². The molecule has 1 aliphatic rings. The van der Waals surface area contributed by atoms with Crippen molar-refractivity contribution in [3.63, 3.8) is 0 Å². The van der Waals surface area contributed by atoms with Gasteiger partial charge in [0.1, 0.15) is 17.3 Å². The summed E-state index contributed by atoms with van der Waals surface area (Å²) in [5.74, 6) is 1.40. The highest BCUT2D eigenvalue weighted by atomic mass is 16.5. The standard InChI is InChI=1S/C23H33N3O4/c1-6-19-21(24-13-17(29-4)14-28-3)23(27)26(2)22(25-19)18-11-15-9-7-8-10-16(15)12-20(18)30-5/h11-12,17,24H,6-10,13-14H2,1-5H3. The van der Waals surface area contributed by atoms with Crippen molar-refractivity contribution in [3.05, 3.63) is 39.3 Å². The molecule has 0 aliphatic heterocycles. The third-order valence-corrected chi connectivity index (χ3v) is 5.80. The molecule has 2 aromatic rings. The number of benzene rings is 1. The molecule has 1 heterocycles. The molecule has 0 saturated heterocycles. The number of hydrogen-bond acceptors (Lipinski definition) is 6. The van der Waals surface area contributed by atoms with Gasteiger partial charge in [-0.1, -0.05) is 6.92 Å². The Labute approximate surface area is 178 Å². The third-order valence-electron chi connectivity index (χ3n) is 5.80. The Morgan fingerprint density at radius 3 is 2.47 bits per heavy atom. The smallest absolute Gasteiger partial charge is 0.277 e. The number of fused-ring (bicyclic) bond motifs is 1. The lowest BCUT2D eigenvalue weighted by atomic mass is 9.89. The second-order valence-electron chi connectivity index (χ2n) is 7.70. The molecule has 1 unspecified atom stereocenters. The Balaban J connectivity index is 2.03. The van der Waals surface area contributed by atoms with E-state index in [1.165, 1.54) is 24.0 Å². The largest absolute Gasteiger partial charge is 0.496 e. The first-order valence-electron chi connectivity index (χ1n) is 10.6. The van der Waals surface area contributed by atoms with Gasteiger partial charge in [0.15, 0.2) is 0 Å². The number of hydrogen-bond donors (Lipinski definition) is 1. The van der Waals surface area contributed by atoms with Gasteiger partial charge in [0.2, 0.25) is 0 Å². The maximum absolute atomic E-state index is 13.2. The number of nitrogens with zero attached hydrogens (tertiary/aromatic N) is 2. The lowest BCUT2D eigenvalue weighted by Gasteiger charge is -2.21. The van der Waals surface area contributed by atoms with Gasteiger partial charge in [-0.3, -0.25) is 9.36 Å². The zero-order valence-electron chi connectivity index (χ0n) is 18.7. The molecule has 0 radical (unpaired) electrons. The van der Waals surface area contributed by atoms with E-state index in [2.05, 4.69) is 17.4 Å². The number of anilines is 1. The maximum Gasteiger partial charge on any atom is 0.277 e. The van der Waals surface area contributed by atoms with Crippen LogP contribution in [-0.4, -0.2) is 50.1 Å². The molecular weight excluding hydrogens is 382 g/mol. The Morgan fingerprint density at radius 2 is 1.87 bits per heavy atom. The minimum atomic E-state index is -0.148. The van der Waals surface area contributed by atoms with Crippen LogP contribution in [0, 0.1) is 0 Å². The van der Waals surface area contributed by atoms with Gasteiger partial charge in [0.25, 0.3) is 5.56 Å². The van der Waals surface area contributed by atoms with Crippen LogP contribution in [0.4, 0.5) is 5.69 Å². The van der Waals surface area contributed by atoms with E-state index in [9.17, 15) is 4.79 Å². The SMILES string of the molecule is CCc1nc(-c2cc3c(cc2OC)CCCC3)n(C)c(=O)c1NCC(COC)OC. The van der Waals surface area contributed by atoms with Crippen molar-refractivity contribution < 1.29 is 14.2 Å². The highest BCUT2D eigenvalue weighted by Gasteiger charge is 2.21. The molecule has 164 valence electrons. The molecule has 7 nitrogen and oxygen atoms in total. The van der Waals surface area contributed by atoms with Crippen molar-refractivity contribution in [1.82, 2.24) is 9.55 Å². The van der Waals surface area contributed by atoms with Crippen LogP contribution in [0.2, 0.25) is 0 Å². The molecule has 0 amide bonds. The monoisotopic (exact) mass is 415 g/mol. The van der Waals surface area contributed by atoms with Crippen molar-refractivity contribution in [2.75, 3.05) is 39.8 Å². The molecule has 1 aromatic heterocycles. The summed E-state index contributed by atoms with van der Waals surface area (Å²) in [6.07, 6.45) is 5.02. The highest BCUT2D eigenvalue weighted by Crippen LogP contribution is 2.35. The van der Waals surface area contributed by atoms with Crippen LogP contribution >= 0.6 is 0 Å². The molecule has 0 fully saturated rings. The second kappa shape index (κ2) is 10.1. The first-order valence-corrected chi connectivity index (χ1v) is 10.6. The number of rotatable bonds is 9. The summed E-state index contributed by atoms with van der Waals surface area (Å²) in [5.41, 5.74) is 4.68. The van der Waals surface area contributed by atoms with Crippen LogP contribution in [0.3, 0.4) is 0 Å². The second-order valence-corrected chi connectivity index (χ2v) is 7.70. The van der Waals surface area contributed by atoms with Crippen LogP contribution < -0.4 is 15.6 Å². The number of ether oxygens (including phenoxy) is 3. The molecule has 30 heavy (non-hydrogen) atoms. The van der Waals surface area contributed by atoms with E-state index in [-0.39, 0.29) is 11.7 Å². The van der Waals surface area contributed by atoms with Crippen LogP contribution in [0.5, 0.6) is 5.75 Å². The molecule has 0 spiro atoms. The molecule has 1 N–H and O–H groups in total. The Morgan fingerprint density at radius 1 is 1.17 bits per heavy atom. The minimum Gasteiger partial charge on any atom is -0.496 e. The van der Waals surface area contributed by atoms with E-state index in [0.29, 0.717) is 31.1 Å². The Bertz CT molecular complexity index is 939. The van der Waals surface area contributed by atoms with Crippen molar-refractivity contribution in [1.29, 1.82) is 0 Å². The van der Waals surface area contributed by atoms with Crippen molar-refractivity contribution >= 4 is 5.69 Å². The van der Waals surface area contributed by atoms with Gasteiger partial charge in [0, 0.05) is 27.8 Å². The van der Waals surface area contributed by atoms with E-state index < -0.39 is 0 Å². The maximum atomic E-state index is 13.2. The number of nitrogens with one attached hydrogen (secondary N) is 1. The lowest BCUT2D eigenvalue weighted by molar-refractivity contribution is 0.0365. The first-order chi connectivity index (χ1) is 14.5. The minimum absolute atomic E-state index is 0.108. The molecule has 7 heteroatoms. The first kappa shape index (κ1) is 22.3. The highest BCUT2D eigenvalue weighted by molar-refractivity contribution is 5.68. The van der Waals surface area contributed by atoms with Gasteiger partial charge >= 0.3 is 0 Å². The average Bonchev–Trinajstić information content (AvgIpc) is 2.78. The van der Waals surface area contributed by atoms with Gasteiger partial charge < -0.3 is 19.5 Å². The van der Waals surface area contributed by atoms with Crippen molar-refractivity contribution in [2.45, 2.75) is 45.1 Å². The van der Waals surface area contributed by atoms with Crippen molar-refractivity contribution in [2.24, 2.45) is 7.05 Å². The molecule has 1 atom stereocenters. The molecule has 1 aromatic carbocycles. The molecule has 3 rings (SSSR count). The Kier molecular flexibility index (Phi) is 7.50. The van der Waals surface area contributed by atoms with Crippen LogP contribution in [0.15, 0.2) is 16.9 Å². The van der Waals surface area contributed by atoms with Gasteiger partial charge in [-0.25, -0.2) is 4.98 Å². The van der Waals surface area contributed by atoms with Gasteiger partial charge in [0.05, 0.1) is 31.1 Å². The summed E-state index contributed by atoms with van der Waals surface area (Å²) < 4.78 is 17.9. The fourth-order valence-corrected chi connectivity index (χ4v) is 4.04. The van der Waals surface area contributed by atoms with E-state index >= 15 is 0 Å². The summed E-state index contributed by atoms with van der Waals surface area (Å²) in [6.45, 7) is 2.92. The summed E-state index contributed by atoms with van der Waals surface area (Å²) in [4.78, 5) is 18.1. The molecular formula is C23H33N3O4. The van der Waals surface area contributed by atoms with E-state index in [1.807, 2.05) is 6.92 Å². The van der Waals surface area contributed by atoms with Crippen LogP contribution in [0.25, 0.3) is 11.4 Å². The zero-order chi connectivity index (χ0) is 21.7. The average molecular weight is 416 g/mol. The summed E-state index contributed by atoms with van der Waals surface area (Å²) >= 11 is 0. The molecule has 0 saturated carbocycles. The van der Waals surface area contributed by atoms with Crippen LogP contribution in [0.1, 0.15) is 36.6 Å². The molecule has 1 aliphatic carbocycles. The number of aromatic nitrogens is 2. The van der Waals surface area contributed by atoms with Crippen molar-refractivity contribution in [3.8, 4) is 17.1 Å². The number of methoxy groups -OCH3 is 3. The fraction of sp³-hybridized carbons (Fsp3) is 0.565. The third kappa shape index (κ3) is 4.52. The summed E-state index contributed by atoms with van der Waals surface area (Å²) in [5, 5.41) is 3.23. The summed E-state index contributed by atoms with van der Waals surface area (Å²) in [6, 6.07) is 4.27. The topological polar surface area (TPSA) is 74.6 Å². The van der Waals surface area contributed by atoms with Gasteiger partial charge in [-0.15, -0.1) is 0 Å². The predicted octanol–water partition coefficient (Wildman–Crippen LogP) is 2.97. The predicted molar refractivity (Wildman–Crippen MR) is 119 cm³/mol. The van der Waals surface area contributed by atoms with E-state index in [1.54, 1.807) is 32.9 Å². The fourth-order valence-electron chi connectivity index (χ4n) is 4.04. The quantitative estimate of drug-likeness (QED) is 0.679. The molecule has 0 bridgehead atoms. The van der Waals surface area contributed by atoms with Gasteiger partial charge in [-0.05, 0) is 55.4 Å². The van der Waals surface area contributed by atoms with E-state index in [4.69, 9.17) is 19.2 Å². The summed E-state index contributed by atoms with van der Waals surface area (Å²) in [7, 11) is 6.69.